The zero-order valence-electron chi connectivity index (χ0n) is 12.2. The van der Waals surface area contributed by atoms with E-state index in [1.807, 2.05) is 36.4 Å². The molecule has 0 aliphatic heterocycles. The number of hydrogen-bond acceptors (Lipinski definition) is 2. The van der Waals surface area contributed by atoms with Crippen LogP contribution in [-0.4, -0.2) is 12.6 Å². The molecule has 2 nitrogen and oxygen atoms in total. The molecular formula is C18H20ClNO. The summed E-state index contributed by atoms with van der Waals surface area (Å²) in [5.41, 5.74) is 2.42. The van der Waals surface area contributed by atoms with Crippen LogP contribution in [0.1, 0.15) is 31.9 Å². The molecular weight excluding hydrogens is 282 g/mol. The third kappa shape index (κ3) is 3.99. The summed E-state index contributed by atoms with van der Waals surface area (Å²) in [6, 6.07) is 12.5. The highest BCUT2D eigenvalue weighted by atomic mass is 35.5. The molecule has 3 heteroatoms. The van der Waals surface area contributed by atoms with Crippen LogP contribution >= 0.6 is 11.6 Å². The minimum absolute atomic E-state index is 0.737. The average molecular weight is 302 g/mol. The summed E-state index contributed by atoms with van der Waals surface area (Å²) in [5.74, 6) is 1.79. The summed E-state index contributed by atoms with van der Waals surface area (Å²) >= 11 is 5.91. The Bertz CT molecular complexity index is 623. The van der Waals surface area contributed by atoms with Crippen LogP contribution in [0.3, 0.4) is 0 Å². The van der Waals surface area contributed by atoms with Crippen LogP contribution in [0.15, 0.2) is 46.4 Å². The molecule has 1 N–H and O–H groups in total. The second-order valence-electron chi connectivity index (χ2n) is 5.52. The van der Waals surface area contributed by atoms with E-state index in [2.05, 4.69) is 18.3 Å². The lowest BCUT2D eigenvalue weighted by molar-refractivity contribution is 0.570. The molecule has 0 bridgehead atoms. The first-order chi connectivity index (χ1) is 10.2. The van der Waals surface area contributed by atoms with E-state index >= 15 is 0 Å². The van der Waals surface area contributed by atoms with E-state index in [4.69, 9.17) is 16.0 Å². The molecule has 1 fully saturated rings. The Morgan fingerprint density at radius 1 is 1.24 bits per heavy atom. The first-order valence-corrected chi connectivity index (χ1v) is 7.91. The predicted molar refractivity (Wildman–Crippen MR) is 88.4 cm³/mol. The number of furan rings is 1. The highest BCUT2D eigenvalue weighted by Crippen LogP contribution is 2.25. The molecule has 0 unspecified atom stereocenters. The Balaban J connectivity index is 1.71. The van der Waals surface area contributed by atoms with Crippen molar-refractivity contribution in [3.8, 4) is 11.3 Å². The fourth-order valence-corrected chi connectivity index (χ4v) is 2.37. The van der Waals surface area contributed by atoms with Crippen LogP contribution in [0.2, 0.25) is 5.02 Å². The average Bonchev–Trinajstić information content (AvgIpc) is 3.22. The molecule has 110 valence electrons. The van der Waals surface area contributed by atoms with Crippen molar-refractivity contribution < 1.29 is 4.42 Å². The van der Waals surface area contributed by atoms with Crippen LogP contribution in [0.4, 0.5) is 0 Å². The number of halogens is 1. The lowest BCUT2D eigenvalue weighted by Crippen LogP contribution is -2.18. The van der Waals surface area contributed by atoms with Gasteiger partial charge < -0.3 is 9.73 Å². The summed E-state index contributed by atoms with van der Waals surface area (Å²) in [7, 11) is 0. The predicted octanol–water partition coefficient (Wildman–Crippen LogP) is 5.15. The van der Waals surface area contributed by atoms with Crippen LogP contribution < -0.4 is 5.32 Å². The van der Waals surface area contributed by atoms with Crippen molar-refractivity contribution in [2.75, 3.05) is 6.54 Å². The minimum atomic E-state index is 0.737. The molecule has 2 aromatic rings. The van der Waals surface area contributed by atoms with Crippen molar-refractivity contribution in [1.29, 1.82) is 0 Å². The zero-order chi connectivity index (χ0) is 14.7. The van der Waals surface area contributed by atoms with Crippen molar-refractivity contribution in [3.05, 3.63) is 52.8 Å². The van der Waals surface area contributed by atoms with E-state index in [-0.39, 0.29) is 0 Å². The smallest absolute Gasteiger partial charge is 0.134 e. The van der Waals surface area contributed by atoms with Gasteiger partial charge in [-0.15, -0.1) is 0 Å². The highest BCUT2D eigenvalue weighted by molar-refractivity contribution is 6.30. The van der Waals surface area contributed by atoms with Gasteiger partial charge in [0.2, 0.25) is 0 Å². The molecule has 0 spiro atoms. The minimum Gasteiger partial charge on any atom is -0.457 e. The highest BCUT2D eigenvalue weighted by Gasteiger charge is 2.20. The van der Waals surface area contributed by atoms with E-state index in [1.54, 1.807) is 0 Å². The third-order valence-electron chi connectivity index (χ3n) is 3.75. The summed E-state index contributed by atoms with van der Waals surface area (Å²) in [4.78, 5) is 0. The Labute approximate surface area is 130 Å². The van der Waals surface area contributed by atoms with Gasteiger partial charge in [0.05, 0.1) is 0 Å². The van der Waals surface area contributed by atoms with E-state index < -0.39 is 0 Å². The lowest BCUT2D eigenvalue weighted by atomic mass is 10.1. The van der Waals surface area contributed by atoms with Crippen LogP contribution in [-0.2, 0) is 0 Å². The van der Waals surface area contributed by atoms with Crippen molar-refractivity contribution in [3.63, 3.8) is 0 Å². The maximum absolute atomic E-state index is 5.92. The second kappa shape index (κ2) is 6.50. The topological polar surface area (TPSA) is 25.2 Å². The van der Waals surface area contributed by atoms with Gasteiger partial charge in [-0.3, -0.25) is 0 Å². The summed E-state index contributed by atoms with van der Waals surface area (Å²) in [6.07, 6.45) is 5.82. The number of hydrogen-bond donors (Lipinski definition) is 1. The summed E-state index contributed by atoms with van der Waals surface area (Å²) < 4.78 is 5.92. The van der Waals surface area contributed by atoms with Crippen molar-refractivity contribution in [1.82, 2.24) is 5.32 Å². The van der Waals surface area contributed by atoms with Crippen LogP contribution in [0.25, 0.3) is 17.4 Å². The Kier molecular flexibility index (Phi) is 4.47. The van der Waals surface area contributed by atoms with Gasteiger partial charge in [0.25, 0.3) is 0 Å². The van der Waals surface area contributed by atoms with Gasteiger partial charge in [-0.05, 0) is 61.7 Å². The lowest BCUT2D eigenvalue weighted by Gasteiger charge is -2.05. The molecule has 1 aromatic heterocycles. The Morgan fingerprint density at radius 3 is 2.67 bits per heavy atom. The quantitative estimate of drug-likeness (QED) is 0.798. The van der Waals surface area contributed by atoms with E-state index in [9.17, 15) is 0 Å². The maximum atomic E-state index is 5.92. The number of nitrogens with one attached hydrogen (secondary N) is 1. The van der Waals surface area contributed by atoms with Gasteiger partial charge in [0.1, 0.15) is 11.5 Å². The molecule has 1 heterocycles. The van der Waals surface area contributed by atoms with Gasteiger partial charge in [0.15, 0.2) is 0 Å². The van der Waals surface area contributed by atoms with Gasteiger partial charge in [-0.25, -0.2) is 0 Å². The molecule has 1 aliphatic rings. The Morgan fingerprint density at radius 2 is 2.00 bits per heavy atom. The molecule has 1 aromatic carbocycles. The molecule has 0 saturated heterocycles. The summed E-state index contributed by atoms with van der Waals surface area (Å²) in [5, 5.41) is 4.29. The number of benzene rings is 1. The van der Waals surface area contributed by atoms with Crippen molar-refractivity contribution in [2.24, 2.45) is 0 Å². The molecule has 1 aliphatic carbocycles. The van der Waals surface area contributed by atoms with Gasteiger partial charge in [-0.2, -0.15) is 0 Å². The summed E-state index contributed by atoms with van der Waals surface area (Å²) in [6.45, 7) is 3.14. The fourth-order valence-electron chi connectivity index (χ4n) is 2.24. The zero-order valence-corrected chi connectivity index (χ0v) is 13.0. The molecule has 0 atom stereocenters. The first-order valence-electron chi connectivity index (χ1n) is 7.53. The largest absolute Gasteiger partial charge is 0.457 e. The van der Waals surface area contributed by atoms with Crippen LogP contribution in [0, 0.1) is 0 Å². The molecule has 0 amide bonds. The van der Waals surface area contributed by atoms with E-state index in [0.29, 0.717) is 0 Å². The monoisotopic (exact) mass is 301 g/mol. The standard InChI is InChI=1S/C18H20ClNO/c1-2-13(12-20-16-7-8-16)11-17-9-10-18(21-17)14-3-5-15(19)6-4-14/h3-6,9-11,16,20H,2,7-8,12H2,1H3. The van der Waals surface area contributed by atoms with Crippen LogP contribution in [0.5, 0.6) is 0 Å². The molecule has 21 heavy (non-hydrogen) atoms. The van der Waals surface area contributed by atoms with E-state index in [0.717, 1.165) is 41.1 Å². The van der Waals surface area contributed by atoms with Crippen molar-refractivity contribution >= 4 is 17.7 Å². The van der Waals surface area contributed by atoms with Crippen molar-refractivity contribution in [2.45, 2.75) is 32.2 Å². The number of rotatable bonds is 6. The van der Waals surface area contributed by atoms with Gasteiger partial charge >= 0.3 is 0 Å². The van der Waals surface area contributed by atoms with E-state index in [1.165, 1.54) is 18.4 Å². The van der Waals surface area contributed by atoms with Gasteiger partial charge in [-0.1, -0.05) is 24.1 Å². The Hall–Kier alpha value is -1.51. The SMILES string of the molecule is CCC(=Cc1ccc(-c2ccc(Cl)cc2)o1)CNC1CC1. The molecule has 1 saturated carbocycles. The first kappa shape index (κ1) is 14.4. The normalized spacial score (nSPS) is 15.4. The molecule has 0 radical (unpaired) electrons. The third-order valence-corrected chi connectivity index (χ3v) is 4.00. The fraction of sp³-hybridized carbons (Fsp3) is 0.333. The maximum Gasteiger partial charge on any atom is 0.134 e. The second-order valence-corrected chi connectivity index (χ2v) is 5.96. The molecule has 3 rings (SSSR count). The van der Waals surface area contributed by atoms with Gasteiger partial charge in [0, 0.05) is 23.2 Å².